The zero-order chi connectivity index (χ0) is 15.1. The molecule has 1 heterocycles. The summed E-state index contributed by atoms with van der Waals surface area (Å²) in [5.41, 5.74) is -0.998. The van der Waals surface area contributed by atoms with E-state index >= 15 is 0 Å². The summed E-state index contributed by atoms with van der Waals surface area (Å²) < 4.78 is 39.3. The Morgan fingerprint density at radius 1 is 1.40 bits per heavy atom. The first-order valence-electron chi connectivity index (χ1n) is 5.24. The van der Waals surface area contributed by atoms with Gasteiger partial charge < -0.3 is 5.11 Å². The molecule has 0 saturated heterocycles. The Morgan fingerprint density at radius 3 is 2.55 bits per heavy atom. The quantitative estimate of drug-likeness (QED) is 0.926. The van der Waals surface area contributed by atoms with Crippen molar-refractivity contribution in [1.82, 2.24) is 14.8 Å². The molecule has 106 valence electrons. The molecule has 1 aromatic carbocycles. The Kier molecular flexibility index (Phi) is 3.43. The lowest BCUT2D eigenvalue weighted by molar-refractivity contribution is -0.137. The first-order valence-corrected chi connectivity index (χ1v) is 5.62. The normalized spacial score (nSPS) is 11.7. The Hall–Kier alpha value is -2.09. The molecule has 20 heavy (non-hydrogen) atoms. The van der Waals surface area contributed by atoms with Gasteiger partial charge in [0.1, 0.15) is 5.82 Å². The highest BCUT2D eigenvalue weighted by atomic mass is 35.5. The summed E-state index contributed by atoms with van der Waals surface area (Å²) in [7, 11) is 0. The fourth-order valence-corrected chi connectivity index (χ4v) is 1.81. The van der Waals surface area contributed by atoms with Crippen LogP contribution in [0.2, 0.25) is 5.02 Å². The Labute approximate surface area is 115 Å². The van der Waals surface area contributed by atoms with Crippen LogP contribution < -0.4 is 0 Å². The van der Waals surface area contributed by atoms with Crippen LogP contribution in [-0.2, 0) is 6.18 Å². The van der Waals surface area contributed by atoms with Crippen molar-refractivity contribution in [2.75, 3.05) is 0 Å². The second-order valence-corrected chi connectivity index (χ2v) is 4.27. The van der Waals surface area contributed by atoms with Gasteiger partial charge in [0.15, 0.2) is 0 Å². The molecule has 0 radical (unpaired) electrons. The number of aromatic carboxylic acids is 1. The van der Waals surface area contributed by atoms with Gasteiger partial charge in [0.2, 0.25) is 0 Å². The van der Waals surface area contributed by atoms with Gasteiger partial charge in [-0.2, -0.15) is 13.2 Å². The van der Waals surface area contributed by atoms with Crippen LogP contribution in [0.15, 0.2) is 18.2 Å². The van der Waals surface area contributed by atoms with Crippen molar-refractivity contribution in [2.45, 2.75) is 13.1 Å². The second kappa shape index (κ2) is 4.78. The summed E-state index contributed by atoms with van der Waals surface area (Å²) in [6, 6.07) is 3.15. The fraction of sp³-hybridized carbons (Fsp3) is 0.182. The lowest BCUT2D eigenvalue weighted by atomic mass is 10.2. The first-order chi connectivity index (χ1) is 9.20. The summed E-state index contributed by atoms with van der Waals surface area (Å²) in [6.07, 6.45) is -4.61. The van der Waals surface area contributed by atoms with Gasteiger partial charge in [-0.3, -0.25) is 0 Å². The minimum atomic E-state index is -4.61. The number of hydrogen-bond donors (Lipinski definition) is 1. The SMILES string of the molecule is Cc1nc(C(=O)O)nn1-c1ccc(Cl)c(C(F)(F)F)c1. The van der Waals surface area contributed by atoms with Crippen LogP contribution in [0.3, 0.4) is 0 Å². The van der Waals surface area contributed by atoms with Gasteiger partial charge in [-0.1, -0.05) is 11.6 Å². The molecule has 1 aromatic heterocycles. The van der Waals surface area contributed by atoms with Crippen LogP contribution in [0.25, 0.3) is 5.69 Å². The third-order valence-corrected chi connectivity index (χ3v) is 2.79. The predicted octanol–water partition coefficient (Wildman–Crippen LogP) is 2.95. The van der Waals surface area contributed by atoms with E-state index < -0.39 is 28.6 Å². The largest absolute Gasteiger partial charge is 0.475 e. The third-order valence-electron chi connectivity index (χ3n) is 2.46. The van der Waals surface area contributed by atoms with E-state index in [1.54, 1.807) is 0 Å². The standard InChI is InChI=1S/C11H7ClF3N3O2/c1-5-16-9(10(19)20)17-18(5)6-2-3-8(12)7(4-6)11(13,14)15/h2-4H,1H3,(H,19,20). The van der Waals surface area contributed by atoms with Crippen molar-refractivity contribution in [3.05, 3.63) is 40.4 Å². The third kappa shape index (κ3) is 2.60. The number of benzene rings is 1. The summed E-state index contributed by atoms with van der Waals surface area (Å²) in [4.78, 5) is 14.4. The summed E-state index contributed by atoms with van der Waals surface area (Å²) in [5, 5.41) is 11.9. The van der Waals surface area contributed by atoms with E-state index in [0.29, 0.717) is 0 Å². The van der Waals surface area contributed by atoms with Gasteiger partial charge in [0, 0.05) is 0 Å². The molecule has 0 aliphatic heterocycles. The van der Waals surface area contributed by atoms with Crippen molar-refractivity contribution >= 4 is 17.6 Å². The molecule has 0 amide bonds. The number of halogens is 4. The van der Waals surface area contributed by atoms with Gasteiger partial charge in [-0.05, 0) is 25.1 Å². The maximum atomic E-state index is 12.8. The molecule has 0 saturated carbocycles. The van der Waals surface area contributed by atoms with E-state index in [2.05, 4.69) is 10.1 Å². The number of alkyl halides is 3. The number of carboxylic acid groups (broad SMARTS) is 1. The minimum absolute atomic E-state index is 0.0271. The van der Waals surface area contributed by atoms with E-state index in [4.69, 9.17) is 16.7 Å². The van der Waals surface area contributed by atoms with Gasteiger partial charge >= 0.3 is 12.1 Å². The number of nitrogens with zero attached hydrogens (tertiary/aromatic N) is 3. The molecule has 5 nitrogen and oxygen atoms in total. The molecule has 0 spiro atoms. The van der Waals surface area contributed by atoms with Crippen molar-refractivity contribution < 1.29 is 23.1 Å². The van der Waals surface area contributed by atoms with E-state index in [1.165, 1.54) is 13.0 Å². The Morgan fingerprint density at radius 2 is 2.05 bits per heavy atom. The Balaban J connectivity index is 2.57. The summed E-state index contributed by atoms with van der Waals surface area (Å²) in [6.45, 7) is 1.43. The number of rotatable bonds is 2. The predicted molar refractivity (Wildman–Crippen MR) is 63.1 cm³/mol. The van der Waals surface area contributed by atoms with Crippen LogP contribution >= 0.6 is 11.6 Å². The zero-order valence-electron chi connectivity index (χ0n) is 9.94. The smallest absolute Gasteiger partial charge is 0.417 e. The molecular weight excluding hydrogens is 299 g/mol. The van der Waals surface area contributed by atoms with E-state index in [9.17, 15) is 18.0 Å². The molecule has 2 rings (SSSR count). The second-order valence-electron chi connectivity index (χ2n) is 3.86. The van der Waals surface area contributed by atoms with Crippen molar-refractivity contribution in [3.8, 4) is 5.69 Å². The average Bonchev–Trinajstić information content (AvgIpc) is 2.71. The zero-order valence-corrected chi connectivity index (χ0v) is 10.7. The van der Waals surface area contributed by atoms with Crippen molar-refractivity contribution in [1.29, 1.82) is 0 Å². The van der Waals surface area contributed by atoms with Crippen LogP contribution in [0.5, 0.6) is 0 Å². The van der Waals surface area contributed by atoms with Crippen LogP contribution in [0.4, 0.5) is 13.2 Å². The van der Waals surface area contributed by atoms with E-state index in [1.807, 2.05) is 0 Å². The lowest BCUT2D eigenvalue weighted by Gasteiger charge is -2.11. The van der Waals surface area contributed by atoms with Crippen LogP contribution in [0, 0.1) is 6.92 Å². The fourth-order valence-electron chi connectivity index (χ4n) is 1.59. The topological polar surface area (TPSA) is 68.0 Å². The number of carboxylic acids is 1. The number of aryl methyl sites for hydroxylation is 1. The molecule has 0 aliphatic rings. The number of carbonyl (C=O) groups is 1. The Bertz CT molecular complexity index is 682. The molecule has 0 aliphatic carbocycles. The number of hydrogen-bond acceptors (Lipinski definition) is 3. The van der Waals surface area contributed by atoms with Crippen LogP contribution in [-0.4, -0.2) is 25.8 Å². The van der Waals surface area contributed by atoms with Gasteiger partial charge in [0.05, 0.1) is 16.3 Å². The van der Waals surface area contributed by atoms with Gasteiger partial charge in [-0.25, -0.2) is 14.5 Å². The minimum Gasteiger partial charge on any atom is -0.475 e. The molecule has 2 aromatic rings. The summed E-state index contributed by atoms with van der Waals surface area (Å²) >= 11 is 5.50. The molecule has 1 N–H and O–H groups in total. The van der Waals surface area contributed by atoms with Crippen molar-refractivity contribution in [3.63, 3.8) is 0 Å². The lowest BCUT2D eigenvalue weighted by Crippen LogP contribution is -2.08. The van der Waals surface area contributed by atoms with Gasteiger partial charge in [-0.15, -0.1) is 5.10 Å². The average molecular weight is 306 g/mol. The molecule has 0 fully saturated rings. The highest BCUT2D eigenvalue weighted by molar-refractivity contribution is 6.31. The highest BCUT2D eigenvalue weighted by Crippen LogP contribution is 2.35. The molecule has 9 heteroatoms. The van der Waals surface area contributed by atoms with E-state index in [-0.39, 0.29) is 11.5 Å². The van der Waals surface area contributed by atoms with Crippen LogP contribution in [0.1, 0.15) is 22.0 Å². The number of aromatic nitrogens is 3. The van der Waals surface area contributed by atoms with Gasteiger partial charge in [0.25, 0.3) is 5.82 Å². The molecule has 0 bridgehead atoms. The monoisotopic (exact) mass is 305 g/mol. The molecular formula is C11H7ClF3N3O2. The molecule has 0 unspecified atom stereocenters. The van der Waals surface area contributed by atoms with Crippen molar-refractivity contribution in [2.24, 2.45) is 0 Å². The maximum Gasteiger partial charge on any atom is 0.417 e. The van der Waals surface area contributed by atoms with E-state index in [0.717, 1.165) is 16.8 Å². The molecule has 0 atom stereocenters. The summed E-state index contributed by atoms with van der Waals surface area (Å²) in [5.74, 6) is -1.71. The maximum absolute atomic E-state index is 12.8. The first kappa shape index (κ1) is 14.3. The highest BCUT2D eigenvalue weighted by Gasteiger charge is 2.33.